The van der Waals surface area contributed by atoms with Crippen molar-refractivity contribution in [2.45, 2.75) is 19.4 Å². The molecule has 0 saturated carbocycles. The molecule has 238 valence electrons. The van der Waals surface area contributed by atoms with Gasteiger partial charge in [-0.15, -0.1) is 10.2 Å². The molecule has 0 saturated heterocycles. The fraction of sp³-hybridized carbons (Fsp3) is 0.125. The van der Waals surface area contributed by atoms with Gasteiger partial charge in [0.2, 0.25) is 11.8 Å². The molecule has 0 aliphatic heterocycles. The lowest BCUT2D eigenvalue weighted by Crippen LogP contribution is -2.29. The molecule has 0 aliphatic rings. The van der Waals surface area contributed by atoms with Gasteiger partial charge in [-0.05, 0) is 82.6 Å². The third-order valence-corrected chi connectivity index (χ3v) is 7.30. The summed E-state index contributed by atoms with van der Waals surface area (Å²) in [6, 6.07) is 20.4. The van der Waals surface area contributed by atoms with Gasteiger partial charge in [-0.3, -0.25) is 14.9 Å². The topological polar surface area (TPSA) is 166 Å². The first kappa shape index (κ1) is 32.7. The number of nitrogens with zero attached hydrogens (tertiary/aromatic N) is 6. The normalized spacial score (nSPS) is 11.6. The van der Waals surface area contributed by atoms with Gasteiger partial charge in [0.15, 0.2) is 5.15 Å². The molecule has 3 aromatic carbocycles. The Bertz CT molecular complexity index is 1920. The van der Waals surface area contributed by atoms with Crippen LogP contribution in [0.1, 0.15) is 29.8 Å². The molecule has 3 amide bonds. The average Bonchev–Trinajstić information content (AvgIpc) is 3.60. The Hall–Kier alpha value is -5.66. The second kappa shape index (κ2) is 15.1. The van der Waals surface area contributed by atoms with Gasteiger partial charge in [0.25, 0.3) is 0 Å². The van der Waals surface area contributed by atoms with Crippen LogP contribution >= 0.6 is 23.2 Å². The molecule has 0 radical (unpaired) electrons. The van der Waals surface area contributed by atoms with Crippen LogP contribution in [-0.2, 0) is 20.7 Å². The molecule has 1 atom stereocenters. The number of hydrogen-bond donors (Lipinski definition) is 3. The van der Waals surface area contributed by atoms with E-state index in [1.165, 1.54) is 31.1 Å². The molecule has 47 heavy (non-hydrogen) atoms. The Balaban J connectivity index is 1.44. The van der Waals surface area contributed by atoms with Gasteiger partial charge in [-0.2, -0.15) is 9.78 Å². The first-order valence-electron chi connectivity index (χ1n) is 14.0. The Labute approximate surface area is 279 Å². The summed E-state index contributed by atoms with van der Waals surface area (Å²) in [6.45, 7) is 1.43. The van der Waals surface area contributed by atoms with Crippen molar-refractivity contribution in [3.63, 3.8) is 0 Å². The van der Waals surface area contributed by atoms with Crippen molar-refractivity contribution in [3.8, 4) is 16.8 Å². The SMILES string of the molecule is COC(=O)Nc1ccc(-c2cc(C(Cc3ccc(NC(C)=O)cc3)NC(=O)C=Cc3cc(Cl)ccc3-n3cnnn3)nnc2Cl)cc1. The summed E-state index contributed by atoms with van der Waals surface area (Å²) < 4.78 is 6.10. The molecule has 15 heteroatoms. The minimum atomic E-state index is -0.638. The fourth-order valence-electron chi connectivity index (χ4n) is 4.58. The second-order valence-electron chi connectivity index (χ2n) is 10.1. The highest BCUT2D eigenvalue weighted by molar-refractivity contribution is 6.32. The largest absolute Gasteiger partial charge is 0.453 e. The molecule has 3 N–H and O–H groups in total. The zero-order chi connectivity index (χ0) is 33.3. The van der Waals surface area contributed by atoms with E-state index in [4.69, 9.17) is 23.2 Å². The number of benzene rings is 3. The number of halogens is 2. The molecular formula is C32H27Cl2N9O4. The van der Waals surface area contributed by atoms with Gasteiger partial charge in [0.05, 0.1) is 24.5 Å². The lowest BCUT2D eigenvalue weighted by Gasteiger charge is -2.19. The van der Waals surface area contributed by atoms with Crippen LogP contribution in [0.2, 0.25) is 10.2 Å². The van der Waals surface area contributed by atoms with Crippen LogP contribution in [-0.4, -0.2) is 55.4 Å². The number of methoxy groups -OCH3 is 1. The minimum absolute atomic E-state index is 0.156. The summed E-state index contributed by atoms with van der Waals surface area (Å²) in [5.41, 5.74) is 5.00. The maximum absolute atomic E-state index is 13.4. The molecule has 5 aromatic rings. The van der Waals surface area contributed by atoms with E-state index in [2.05, 4.69) is 46.4 Å². The van der Waals surface area contributed by atoms with Gasteiger partial charge >= 0.3 is 6.09 Å². The summed E-state index contributed by atoms with van der Waals surface area (Å²) in [6.07, 6.45) is 4.17. The van der Waals surface area contributed by atoms with Gasteiger partial charge in [0, 0.05) is 40.5 Å². The number of hydrogen-bond acceptors (Lipinski definition) is 9. The average molecular weight is 673 g/mol. The molecule has 0 fully saturated rings. The number of ether oxygens (including phenoxy) is 1. The Morgan fingerprint density at radius 2 is 1.66 bits per heavy atom. The Kier molecular flexibility index (Phi) is 10.5. The zero-order valence-electron chi connectivity index (χ0n) is 25.0. The van der Waals surface area contributed by atoms with Crippen LogP contribution in [0, 0.1) is 0 Å². The van der Waals surface area contributed by atoms with Gasteiger partial charge in [0.1, 0.15) is 6.33 Å². The van der Waals surface area contributed by atoms with Gasteiger partial charge in [-0.25, -0.2) is 4.79 Å². The summed E-state index contributed by atoms with van der Waals surface area (Å²) in [4.78, 5) is 36.4. The number of tetrazole rings is 1. The highest BCUT2D eigenvalue weighted by Gasteiger charge is 2.20. The maximum atomic E-state index is 13.4. The van der Waals surface area contributed by atoms with Crippen LogP contribution in [0.25, 0.3) is 22.9 Å². The molecule has 13 nitrogen and oxygen atoms in total. The molecule has 1 unspecified atom stereocenters. The standard InChI is InChI=1S/C32H27Cl2N9O4/c1-19(44)36-24-9-3-20(4-10-24)15-27(38-30(45)14-7-22-16-23(33)8-13-29(22)43-18-35-41-42-43)28-17-26(31(34)40-39-28)21-5-11-25(12-6-21)37-32(46)47-2/h3-14,16-18,27H,15H2,1-2H3,(H,36,44)(H,37,46)(H,38,45). The van der Waals surface area contributed by atoms with E-state index in [-0.39, 0.29) is 11.1 Å². The minimum Gasteiger partial charge on any atom is -0.453 e. The van der Waals surface area contributed by atoms with Crippen LogP contribution in [0.15, 0.2) is 85.2 Å². The number of aromatic nitrogens is 6. The van der Waals surface area contributed by atoms with E-state index < -0.39 is 18.0 Å². The highest BCUT2D eigenvalue weighted by Crippen LogP contribution is 2.30. The lowest BCUT2D eigenvalue weighted by molar-refractivity contribution is -0.117. The summed E-state index contributed by atoms with van der Waals surface area (Å²) in [5.74, 6) is -0.597. The third-order valence-electron chi connectivity index (χ3n) is 6.78. The number of rotatable bonds is 10. The molecule has 2 aromatic heterocycles. The van der Waals surface area contributed by atoms with Crippen LogP contribution in [0.5, 0.6) is 0 Å². The van der Waals surface area contributed by atoms with Crippen LogP contribution in [0.4, 0.5) is 16.2 Å². The van der Waals surface area contributed by atoms with Crippen molar-refractivity contribution in [1.82, 2.24) is 35.7 Å². The predicted molar refractivity (Wildman–Crippen MR) is 177 cm³/mol. The molecule has 0 bridgehead atoms. The van der Waals surface area contributed by atoms with Crippen molar-refractivity contribution in [2.24, 2.45) is 0 Å². The number of nitrogens with one attached hydrogen (secondary N) is 3. The van der Waals surface area contributed by atoms with E-state index >= 15 is 0 Å². The quantitative estimate of drug-likeness (QED) is 0.158. The lowest BCUT2D eigenvalue weighted by atomic mass is 10.00. The zero-order valence-corrected chi connectivity index (χ0v) is 26.5. The monoisotopic (exact) mass is 671 g/mol. The van der Waals surface area contributed by atoms with Crippen molar-refractivity contribution in [2.75, 3.05) is 17.7 Å². The van der Waals surface area contributed by atoms with Gasteiger partial charge < -0.3 is 15.4 Å². The van der Waals surface area contributed by atoms with E-state index in [1.807, 2.05) is 12.1 Å². The van der Waals surface area contributed by atoms with Gasteiger partial charge in [-0.1, -0.05) is 47.5 Å². The highest BCUT2D eigenvalue weighted by atomic mass is 35.5. The summed E-state index contributed by atoms with van der Waals surface area (Å²) >= 11 is 12.7. The Morgan fingerprint density at radius 1 is 0.936 bits per heavy atom. The molecular weight excluding hydrogens is 645 g/mol. The van der Waals surface area contributed by atoms with Crippen LogP contribution in [0.3, 0.4) is 0 Å². The molecule has 0 aliphatic carbocycles. The van der Waals surface area contributed by atoms with Crippen LogP contribution < -0.4 is 16.0 Å². The van der Waals surface area contributed by atoms with E-state index in [0.29, 0.717) is 50.9 Å². The maximum Gasteiger partial charge on any atom is 0.411 e. The first-order chi connectivity index (χ1) is 22.7. The molecule has 5 rings (SSSR count). The third kappa shape index (κ3) is 8.75. The van der Waals surface area contributed by atoms with E-state index in [0.717, 1.165) is 5.56 Å². The number of carbonyl (C=O) groups excluding carboxylic acids is 3. The molecule has 2 heterocycles. The smallest absolute Gasteiger partial charge is 0.411 e. The number of amides is 3. The number of carbonyl (C=O) groups is 3. The summed E-state index contributed by atoms with van der Waals surface area (Å²) in [7, 11) is 1.28. The van der Waals surface area contributed by atoms with Crippen molar-refractivity contribution < 1.29 is 19.1 Å². The summed E-state index contributed by atoms with van der Waals surface area (Å²) in [5, 5.41) is 28.8. The van der Waals surface area contributed by atoms with E-state index in [1.54, 1.807) is 66.7 Å². The fourth-order valence-corrected chi connectivity index (χ4v) is 4.97. The predicted octanol–water partition coefficient (Wildman–Crippen LogP) is 5.68. The van der Waals surface area contributed by atoms with E-state index in [9.17, 15) is 14.4 Å². The van der Waals surface area contributed by atoms with Crippen molar-refractivity contribution in [3.05, 3.63) is 112 Å². The molecule has 0 spiro atoms. The number of anilines is 2. The Morgan fingerprint density at radius 3 is 2.34 bits per heavy atom. The first-order valence-corrected chi connectivity index (χ1v) is 14.8. The van der Waals surface area contributed by atoms with Crippen molar-refractivity contribution in [1.29, 1.82) is 0 Å². The van der Waals surface area contributed by atoms with Crippen molar-refractivity contribution >= 4 is 58.6 Å². The second-order valence-corrected chi connectivity index (χ2v) is 10.9.